The summed E-state index contributed by atoms with van der Waals surface area (Å²) < 4.78 is 6.33. The Balaban J connectivity index is 1.24. The summed E-state index contributed by atoms with van der Waals surface area (Å²) in [6.07, 6.45) is 0.954. The van der Waals surface area contributed by atoms with E-state index in [2.05, 4.69) is 20.4 Å². The molecule has 1 N–H and O–H groups in total. The summed E-state index contributed by atoms with van der Waals surface area (Å²) in [4.78, 5) is 13.4. The molecule has 3 heterocycles. The summed E-state index contributed by atoms with van der Waals surface area (Å²) in [5.74, 6) is 0.413. The van der Waals surface area contributed by atoms with E-state index in [-0.39, 0.29) is 11.4 Å². The molecule has 2 aromatic carbocycles. The number of piperazine rings is 3. The molecule has 5 rings (SSSR count). The molecule has 0 atom stereocenters. The zero-order valence-corrected chi connectivity index (χ0v) is 18.6. The fraction of sp³-hybridized carbons (Fsp3) is 0.478. The third-order valence-electron chi connectivity index (χ3n) is 6.61. The predicted molar refractivity (Wildman–Crippen MR) is 123 cm³/mol. The number of benzene rings is 2. The molecule has 3 aliphatic heterocycles. The van der Waals surface area contributed by atoms with E-state index >= 15 is 0 Å². The van der Waals surface area contributed by atoms with Crippen molar-refractivity contribution in [1.82, 2.24) is 10.2 Å². The molecule has 0 aromatic heterocycles. The summed E-state index contributed by atoms with van der Waals surface area (Å²) in [5, 5.41) is 23.1. The molecular weight excluding hydrogens is 408 g/mol. The number of hydrogen-bond donors (Lipinski definition) is 1. The number of ether oxygens (including phenoxy) is 1. The Labute approximate surface area is 188 Å². The molecule has 3 saturated heterocycles. The summed E-state index contributed by atoms with van der Waals surface area (Å²) >= 11 is 0. The van der Waals surface area contributed by atoms with Crippen molar-refractivity contribution in [3.63, 3.8) is 0 Å². The first-order valence-corrected chi connectivity index (χ1v) is 11.2. The van der Waals surface area contributed by atoms with E-state index in [1.165, 1.54) is 75.1 Å². The van der Waals surface area contributed by atoms with Gasteiger partial charge in [-0.3, -0.25) is 15.0 Å². The molecule has 0 radical (unpaired) electrons. The second-order valence-corrected chi connectivity index (χ2v) is 8.56. The van der Waals surface area contributed by atoms with Crippen LogP contribution >= 0.6 is 0 Å². The lowest BCUT2D eigenvalue weighted by molar-refractivity contribution is -0.939. The highest BCUT2D eigenvalue weighted by atomic mass is 16.6. The number of nitro groups is 1. The van der Waals surface area contributed by atoms with Crippen LogP contribution in [0.5, 0.6) is 5.75 Å². The monoisotopic (exact) mass is 439 g/mol. The van der Waals surface area contributed by atoms with Gasteiger partial charge in [-0.2, -0.15) is 5.11 Å². The molecule has 3 aliphatic rings. The Bertz CT molecular complexity index is 941. The minimum atomic E-state index is -0.483. The average molecular weight is 440 g/mol. The number of nitro benzene ring substituents is 1. The molecule has 9 heteroatoms. The van der Waals surface area contributed by atoms with Gasteiger partial charge in [-0.25, -0.2) is 0 Å². The second-order valence-electron chi connectivity index (χ2n) is 8.56. The van der Waals surface area contributed by atoms with E-state index in [0.29, 0.717) is 11.4 Å². The van der Waals surface area contributed by atoms with Crippen molar-refractivity contribution in [2.24, 2.45) is 10.2 Å². The number of nitrogens with one attached hydrogen (secondary N) is 1. The SMILES string of the molecule is COc1ccc(N=Nc2ccc(CCNCC[N+]34CCN(CC3)CC4)cc2)c([N+](=O)[O-])c1. The number of fused-ring (bicyclic) bond motifs is 3. The van der Waals surface area contributed by atoms with Gasteiger partial charge in [0.1, 0.15) is 5.75 Å². The molecule has 0 amide bonds. The quantitative estimate of drug-likeness (QED) is 0.202. The molecule has 0 saturated carbocycles. The van der Waals surface area contributed by atoms with Crippen LogP contribution < -0.4 is 10.1 Å². The van der Waals surface area contributed by atoms with E-state index in [9.17, 15) is 10.1 Å². The van der Waals surface area contributed by atoms with E-state index in [0.717, 1.165) is 19.5 Å². The Hall–Kier alpha value is -2.88. The minimum Gasteiger partial charge on any atom is -0.496 e. The number of hydrogen-bond acceptors (Lipinski definition) is 7. The van der Waals surface area contributed by atoms with Crippen LogP contribution in [0.3, 0.4) is 0 Å². The van der Waals surface area contributed by atoms with Crippen molar-refractivity contribution in [2.75, 3.05) is 66.0 Å². The first-order valence-electron chi connectivity index (χ1n) is 11.2. The van der Waals surface area contributed by atoms with Gasteiger partial charge >= 0.3 is 0 Å². The highest BCUT2D eigenvalue weighted by Crippen LogP contribution is 2.32. The Morgan fingerprint density at radius 2 is 1.78 bits per heavy atom. The van der Waals surface area contributed by atoms with Crippen LogP contribution in [0.15, 0.2) is 52.7 Å². The number of nitrogens with zero attached hydrogens (tertiary/aromatic N) is 5. The molecule has 2 bridgehead atoms. The first kappa shape index (κ1) is 22.3. The maximum atomic E-state index is 11.3. The Morgan fingerprint density at radius 1 is 1.06 bits per heavy atom. The number of methoxy groups -OCH3 is 1. The smallest absolute Gasteiger partial charge is 0.300 e. The van der Waals surface area contributed by atoms with E-state index in [1.807, 2.05) is 24.3 Å². The van der Waals surface area contributed by atoms with Gasteiger partial charge in [0.25, 0.3) is 5.69 Å². The van der Waals surface area contributed by atoms with Crippen molar-refractivity contribution < 1.29 is 14.1 Å². The van der Waals surface area contributed by atoms with E-state index in [1.54, 1.807) is 6.07 Å². The standard InChI is InChI=1S/C23H31N6O3/c1-32-21-6-7-22(23(18-21)28(30)31)26-25-20-4-2-19(3-5-20)8-9-24-10-14-29-15-11-27(12-16-29)13-17-29/h2-7,18,24H,8-17H2,1H3/q+1. The molecule has 2 aromatic rings. The number of azo groups is 1. The Kier molecular flexibility index (Phi) is 7.09. The fourth-order valence-corrected chi connectivity index (χ4v) is 4.44. The van der Waals surface area contributed by atoms with Crippen LogP contribution in [0.4, 0.5) is 17.1 Å². The van der Waals surface area contributed by atoms with Crippen LogP contribution in [-0.4, -0.2) is 80.3 Å². The van der Waals surface area contributed by atoms with Crippen molar-refractivity contribution in [2.45, 2.75) is 6.42 Å². The van der Waals surface area contributed by atoms with Crippen LogP contribution in [-0.2, 0) is 6.42 Å². The van der Waals surface area contributed by atoms with Gasteiger partial charge in [0.15, 0.2) is 5.69 Å². The lowest BCUT2D eigenvalue weighted by Crippen LogP contribution is -2.68. The zero-order chi connectivity index (χ0) is 22.4. The summed E-state index contributed by atoms with van der Waals surface area (Å²) in [6, 6.07) is 12.4. The largest absolute Gasteiger partial charge is 0.496 e. The first-order chi connectivity index (χ1) is 15.6. The highest BCUT2D eigenvalue weighted by Gasteiger charge is 2.37. The van der Waals surface area contributed by atoms with Gasteiger partial charge in [0.2, 0.25) is 0 Å². The highest BCUT2D eigenvalue weighted by molar-refractivity contribution is 5.60. The van der Waals surface area contributed by atoms with E-state index in [4.69, 9.17) is 4.74 Å². The third kappa shape index (κ3) is 5.48. The van der Waals surface area contributed by atoms with Crippen LogP contribution in [0.25, 0.3) is 0 Å². The summed E-state index contributed by atoms with van der Waals surface area (Å²) in [5.41, 5.74) is 1.95. The van der Waals surface area contributed by atoms with Gasteiger partial charge in [-0.05, 0) is 42.8 Å². The second kappa shape index (κ2) is 10.2. The molecule has 0 unspecified atom stereocenters. The lowest BCUT2D eigenvalue weighted by Gasteiger charge is -2.50. The van der Waals surface area contributed by atoms with Crippen molar-refractivity contribution in [3.05, 3.63) is 58.1 Å². The van der Waals surface area contributed by atoms with Crippen molar-refractivity contribution in [1.29, 1.82) is 0 Å². The zero-order valence-electron chi connectivity index (χ0n) is 18.6. The Morgan fingerprint density at radius 3 is 2.44 bits per heavy atom. The fourth-order valence-electron chi connectivity index (χ4n) is 4.44. The maximum Gasteiger partial charge on any atom is 0.300 e. The van der Waals surface area contributed by atoms with Gasteiger partial charge in [0.05, 0.1) is 50.0 Å². The van der Waals surface area contributed by atoms with Gasteiger partial charge in [-0.15, -0.1) is 5.11 Å². The number of quaternary nitrogens is 1. The molecule has 0 spiro atoms. The molecule has 9 nitrogen and oxygen atoms in total. The predicted octanol–water partition coefficient (Wildman–Crippen LogP) is 3.30. The van der Waals surface area contributed by atoms with Crippen LogP contribution in [0.1, 0.15) is 5.56 Å². The van der Waals surface area contributed by atoms with Gasteiger partial charge < -0.3 is 14.5 Å². The number of rotatable bonds is 10. The van der Waals surface area contributed by atoms with Crippen molar-refractivity contribution in [3.8, 4) is 5.75 Å². The molecule has 170 valence electrons. The summed E-state index contributed by atoms with van der Waals surface area (Å²) in [6.45, 7) is 10.9. The summed E-state index contributed by atoms with van der Waals surface area (Å²) in [7, 11) is 1.47. The van der Waals surface area contributed by atoms with Crippen molar-refractivity contribution >= 4 is 17.1 Å². The normalized spacial score (nSPS) is 22.3. The maximum absolute atomic E-state index is 11.3. The third-order valence-corrected chi connectivity index (χ3v) is 6.61. The van der Waals surface area contributed by atoms with Crippen LogP contribution in [0, 0.1) is 10.1 Å². The molecule has 3 fully saturated rings. The topological polar surface area (TPSA) is 92.4 Å². The molecule has 32 heavy (non-hydrogen) atoms. The minimum absolute atomic E-state index is 0.132. The van der Waals surface area contributed by atoms with Gasteiger partial charge in [0, 0.05) is 26.2 Å². The molecular formula is C23H31N6O3+. The van der Waals surface area contributed by atoms with Crippen LogP contribution in [0.2, 0.25) is 0 Å². The lowest BCUT2D eigenvalue weighted by atomic mass is 10.1. The molecule has 0 aliphatic carbocycles. The van der Waals surface area contributed by atoms with Gasteiger partial charge in [-0.1, -0.05) is 12.1 Å². The average Bonchev–Trinajstić information content (AvgIpc) is 2.84. The van der Waals surface area contributed by atoms with E-state index < -0.39 is 4.92 Å².